The van der Waals surface area contributed by atoms with Crippen molar-refractivity contribution in [1.82, 2.24) is 0 Å². The number of Topliss-reactive ketones (excluding diaryl/α,β-unsaturated/α-hetero) is 1. The lowest BCUT2D eigenvalue weighted by atomic mass is 10.0. The Morgan fingerprint density at radius 1 is 1.62 bits per heavy atom. The van der Waals surface area contributed by atoms with Crippen LogP contribution in [0.25, 0.3) is 0 Å². The number of rotatable bonds is 2. The van der Waals surface area contributed by atoms with E-state index in [2.05, 4.69) is 15.9 Å². The summed E-state index contributed by atoms with van der Waals surface area (Å²) in [4.78, 5) is 10.9. The van der Waals surface area contributed by atoms with Crippen LogP contribution in [-0.2, 0) is 4.79 Å². The largest absolute Gasteiger partial charge is 0.318 e. The first kappa shape index (κ1) is 10.3. The molecule has 0 heterocycles. The molecule has 2 N–H and O–H groups in total. The summed E-state index contributed by atoms with van der Waals surface area (Å²) < 4.78 is 13.3. The molecule has 13 heavy (non-hydrogen) atoms. The van der Waals surface area contributed by atoms with E-state index in [-0.39, 0.29) is 10.3 Å². The lowest BCUT2D eigenvalue weighted by Crippen LogP contribution is -2.19. The van der Waals surface area contributed by atoms with Gasteiger partial charge in [-0.05, 0) is 34.5 Å². The molecule has 0 aliphatic heterocycles. The Hall–Kier alpha value is -0.740. The van der Waals surface area contributed by atoms with Gasteiger partial charge < -0.3 is 5.73 Å². The van der Waals surface area contributed by atoms with Gasteiger partial charge in [-0.2, -0.15) is 0 Å². The summed E-state index contributed by atoms with van der Waals surface area (Å²) in [5, 5.41) is 0. The number of ketones is 1. The molecule has 0 saturated carbocycles. The highest BCUT2D eigenvalue weighted by molar-refractivity contribution is 9.10. The molecular formula is C9H9BrFNO. The Bertz CT molecular complexity index is 340. The first-order valence-corrected chi connectivity index (χ1v) is 4.53. The average molecular weight is 246 g/mol. The minimum absolute atomic E-state index is 0.189. The zero-order chi connectivity index (χ0) is 10.0. The van der Waals surface area contributed by atoms with E-state index in [0.717, 1.165) is 0 Å². The van der Waals surface area contributed by atoms with Crippen LogP contribution in [0.5, 0.6) is 0 Å². The molecule has 1 atom stereocenters. The standard InChI is InChI=1S/C9H9BrFNO/c1-5(13)9(12)6-3-2-4-7(11)8(6)10/h2-4,9H,12H2,1H3. The normalized spacial score (nSPS) is 12.6. The fourth-order valence-corrected chi connectivity index (χ4v) is 1.49. The average Bonchev–Trinajstić information content (AvgIpc) is 2.08. The Morgan fingerprint density at radius 3 is 2.77 bits per heavy atom. The highest BCUT2D eigenvalue weighted by atomic mass is 79.9. The lowest BCUT2D eigenvalue weighted by molar-refractivity contribution is -0.118. The van der Waals surface area contributed by atoms with Gasteiger partial charge in [0.1, 0.15) is 5.82 Å². The Labute approximate surface area is 84.1 Å². The number of carbonyl (C=O) groups is 1. The molecule has 1 rings (SSSR count). The van der Waals surface area contributed by atoms with Crippen LogP contribution in [0.3, 0.4) is 0 Å². The van der Waals surface area contributed by atoms with Crippen LogP contribution in [0.1, 0.15) is 18.5 Å². The highest BCUT2D eigenvalue weighted by Crippen LogP contribution is 2.25. The summed E-state index contributed by atoms with van der Waals surface area (Å²) in [7, 11) is 0. The van der Waals surface area contributed by atoms with Crippen molar-refractivity contribution in [3.05, 3.63) is 34.1 Å². The van der Waals surface area contributed by atoms with E-state index in [1.807, 2.05) is 0 Å². The van der Waals surface area contributed by atoms with Gasteiger partial charge in [0, 0.05) is 0 Å². The van der Waals surface area contributed by atoms with Gasteiger partial charge in [0.2, 0.25) is 0 Å². The molecule has 1 aromatic rings. The number of nitrogens with two attached hydrogens (primary N) is 1. The zero-order valence-corrected chi connectivity index (χ0v) is 8.64. The van der Waals surface area contributed by atoms with Gasteiger partial charge in [-0.25, -0.2) is 4.39 Å². The summed E-state index contributed by atoms with van der Waals surface area (Å²) in [5.41, 5.74) is 6.04. The second-order valence-electron chi connectivity index (χ2n) is 2.73. The fourth-order valence-electron chi connectivity index (χ4n) is 0.980. The second kappa shape index (κ2) is 3.98. The van der Waals surface area contributed by atoms with Crippen LogP contribution in [0.15, 0.2) is 22.7 Å². The predicted molar refractivity (Wildman–Crippen MR) is 51.7 cm³/mol. The van der Waals surface area contributed by atoms with Gasteiger partial charge in [-0.3, -0.25) is 4.79 Å². The molecule has 2 nitrogen and oxygen atoms in total. The third kappa shape index (κ3) is 2.14. The number of hydrogen-bond donors (Lipinski definition) is 1. The number of halogens is 2. The van der Waals surface area contributed by atoms with Crippen LogP contribution < -0.4 is 5.73 Å². The van der Waals surface area contributed by atoms with E-state index in [4.69, 9.17) is 5.73 Å². The quantitative estimate of drug-likeness (QED) is 0.868. The third-order valence-corrected chi connectivity index (χ3v) is 2.59. The van der Waals surface area contributed by atoms with Gasteiger partial charge in [-0.15, -0.1) is 0 Å². The van der Waals surface area contributed by atoms with Crippen LogP contribution >= 0.6 is 15.9 Å². The van der Waals surface area contributed by atoms with E-state index >= 15 is 0 Å². The van der Waals surface area contributed by atoms with Crippen molar-refractivity contribution < 1.29 is 9.18 Å². The van der Waals surface area contributed by atoms with Crippen molar-refractivity contribution >= 4 is 21.7 Å². The summed E-state index contributed by atoms with van der Waals surface area (Å²) in [6.45, 7) is 1.38. The molecule has 4 heteroatoms. The van der Waals surface area contributed by atoms with E-state index < -0.39 is 11.9 Å². The first-order chi connectivity index (χ1) is 6.04. The Morgan fingerprint density at radius 2 is 2.23 bits per heavy atom. The van der Waals surface area contributed by atoms with Gasteiger partial charge in [-0.1, -0.05) is 12.1 Å². The fraction of sp³-hybridized carbons (Fsp3) is 0.222. The molecule has 1 aromatic carbocycles. The molecule has 0 saturated heterocycles. The van der Waals surface area contributed by atoms with E-state index in [9.17, 15) is 9.18 Å². The molecule has 0 bridgehead atoms. The van der Waals surface area contributed by atoms with Crippen molar-refractivity contribution in [2.24, 2.45) is 5.73 Å². The molecule has 1 unspecified atom stereocenters. The minimum atomic E-state index is -0.759. The van der Waals surface area contributed by atoms with Gasteiger partial charge >= 0.3 is 0 Å². The number of benzene rings is 1. The summed E-state index contributed by atoms with van der Waals surface area (Å²) in [5.74, 6) is -0.597. The van der Waals surface area contributed by atoms with E-state index in [1.165, 1.54) is 19.1 Å². The van der Waals surface area contributed by atoms with E-state index in [1.54, 1.807) is 6.07 Å². The molecular weight excluding hydrogens is 237 g/mol. The van der Waals surface area contributed by atoms with Crippen molar-refractivity contribution in [2.75, 3.05) is 0 Å². The summed E-state index contributed by atoms with van der Waals surface area (Å²) >= 11 is 3.04. The SMILES string of the molecule is CC(=O)C(N)c1cccc(F)c1Br. The van der Waals surface area contributed by atoms with Gasteiger partial charge in [0.25, 0.3) is 0 Å². The molecule has 0 amide bonds. The molecule has 0 fully saturated rings. The van der Waals surface area contributed by atoms with Crippen LogP contribution in [-0.4, -0.2) is 5.78 Å². The smallest absolute Gasteiger partial charge is 0.151 e. The van der Waals surface area contributed by atoms with Gasteiger partial charge in [0.15, 0.2) is 5.78 Å². The topological polar surface area (TPSA) is 43.1 Å². The summed E-state index contributed by atoms with van der Waals surface area (Å²) in [6.07, 6.45) is 0. The monoisotopic (exact) mass is 245 g/mol. The molecule has 0 aliphatic rings. The molecule has 0 spiro atoms. The maximum atomic E-state index is 13.0. The Balaban J connectivity index is 3.15. The lowest BCUT2D eigenvalue weighted by Gasteiger charge is -2.10. The highest BCUT2D eigenvalue weighted by Gasteiger charge is 2.15. The van der Waals surface area contributed by atoms with Crippen molar-refractivity contribution in [2.45, 2.75) is 13.0 Å². The molecule has 0 aromatic heterocycles. The number of hydrogen-bond acceptors (Lipinski definition) is 2. The number of carbonyl (C=O) groups excluding carboxylic acids is 1. The van der Waals surface area contributed by atoms with Crippen molar-refractivity contribution in [3.63, 3.8) is 0 Å². The molecule has 0 aliphatic carbocycles. The molecule has 0 radical (unpaired) electrons. The van der Waals surface area contributed by atoms with Crippen molar-refractivity contribution in [1.29, 1.82) is 0 Å². The van der Waals surface area contributed by atoms with Crippen molar-refractivity contribution in [3.8, 4) is 0 Å². The van der Waals surface area contributed by atoms with Crippen LogP contribution in [0, 0.1) is 5.82 Å². The maximum Gasteiger partial charge on any atom is 0.151 e. The zero-order valence-electron chi connectivity index (χ0n) is 7.05. The Kier molecular flexibility index (Phi) is 3.17. The van der Waals surface area contributed by atoms with Crippen LogP contribution in [0.4, 0.5) is 4.39 Å². The third-order valence-electron chi connectivity index (χ3n) is 1.75. The molecule has 70 valence electrons. The second-order valence-corrected chi connectivity index (χ2v) is 3.52. The maximum absolute atomic E-state index is 13.0. The van der Waals surface area contributed by atoms with Gasteiger partial charge in [0.05, 0.1) is 10.5 Å². The first-order valence-electron chi connectivity index (χ1n) is 3.74. The van der Waals surface area contributed by atoms with E-state index in [0.29, 0.717) is 5.56 Å². The predicted octanol–water partition coefficient (Wildman–Crippen LogP) is 2.18. The summed E-state index contributed by atoms with van der Waals surface area (Å²) in [6, 6.07) is 3.70. The van der Waals surface area contributed by atoms with Crippen LogP contribution in [0.2, 0.25) is 0 Å². The minimum Gasteiger partial charge on any atom is -0.318 e.